The van der Waals surface area contributed by atoms with Crippen LogP contribution in [0.3, 0.4) is 0 Å². The first-order valence-corrected chi connectivity index (χ1v) is 14.3. The van der Waals surface area contributed by atoms with Crippen molar-refractivity contribution in [2.75, 3.05) is 39.6 Å². The van der Waals surface area contributed by atoms with Crippen molar-refractivity contribution in [1.82, 2.24) is 9.80 Å². The highest BCUT2D eigenvalue weighted by Gasteiger charge is 2.27. The predicted molar refractivity (Wildman–Crippen MR) is 159 cm³/mol. The van der Waals surface area contributed by atoms with Gasteiger partial charge in [0.15, 0.2) is 11.5 Å². The zero-order valence-electron chi connectivity index (χ0n) is 24.7. The first-order valence-electron chi connectivity index (χ1n) is 14.3. The molecule has 0 aromatic heterocycles. The van der Waals surface area contributed by atoms with Gasteiger partial charge in [0.25, 0.3) is 0 Å². The van der Waals surface area contributed by atoms with E-state index in [9.17, 15) is 4.79 Å². The molecule has 1 saturated heterocycles. The lowest BCUT2D eigenvalue weighted by atomic mass is 9.76. The third kappa shape index (κ3) is 7.61. The lowest BCUT2D eigenvalue weighted by Gasteiger charge is -2.35. The van der Waals surface area contributed by atoms with Crippen molar-refractivity contribution in [3.05, 3.63) is 53.1 Å². The van der Waals surface area contributed by atoms with E-state index < -0.39 is 0 Å². The van der Waals surface area contributed by atoms with Gasteiger partial charge < -0.3 is 19.1 Å². The zero-order chi connectivity index (χ0) is 27.3. The number of piperazine rings is 1. The van der Waals surface area contributed by atoms with E-state index in [-0.39, 0.29) is 29.1 Å². The van der Waals surface area contributed by atoms with Gasteiger partial charge in [0.2, 0.25) is 12.7 Å². The SMILES string of the molecule is CCC(C)(C)c1ccc(OCCCC(=O)N2CCN(Cc3ccc4c(c3)OCO4)CC2)c(C(C)(C)CC)c1.Cl. The predicted octanol–water partition coefficient (Wildman–Crippen LogP) is 6.72. The summed E-state index contributed by atoms with van der Waals surface area (Å²) in [6.07, 6.45) is 3.38. The minimum Gasteiger partial charge on any atom is -0.493 e. The number of fused-ring (bicyclic) bond motifs is 1. The van der Waals surface area contributed by atoms with Gasteiger partial charge in [-0.05, 0) is 59.4 Å². The molecule has 0 saturated carbocycles. The minimum atomic E-state index is 0. The number of amides is 1. The van der Waals surface area contributed by atoms with Gasteiger partial charge >= 0.3 is 0 Å². The van der Waals surface area contributed by atoms with Crippen molar-refractivity contribution < 1.29 is 19.0 Å². The molecule has 216 valence electrons. The number of benzene rings is 2. The molecule has 6 nitrogen and oxygen atoms in total. The Morgan fingerprint density at radius 2 is 1.59 bits per heavy atom. The van der Waals surface area contributed by atoms with Crippen LogP contribution in [0.5, 0.6) is 17.2 Å². The molecule has 7 heteroatoms. The molecule has 1 fully saturated rings. The standard InChI is InChI=1S/C32H46N2O4.ClH/c1-7-31(3,4)25-12-14-27(26(21-25)32(5,6)8-2)36-19-9-10-30(35)34-17-15-33(16-18-34)22-24-11-13-28-29(20-24)38-23-37-28;/h11-14,20-21H,7-10,15-19,22-23H2,1-6H3;1H. The zero-order valence-corrected chi connectivity index (χ0v) is 25.5. The quantitative estimate of drug-likeness (QED) is 0.287. The number of carbonyl (C=O) groups excluding carboxylic acids is 1. The Bertz CT molecular complexity index is 1110. The van der Waals surface area contributed by atoms with Gasteiger partial charge in [-0.1, -0.05) is 59.7 Å². The fraction of sp³-hybridized carbons (Fsp3) is 0.594. The van der Waals surface area contributed by atoms with Crippen LogP contribution in [0.25, 0.3) is 0 Å². The smallest absolute Gasteiger partial charge is 0.231 e. The van der Waals surface area contributed by atoms with E-state index in [1.165, 1.54) is 16.7 Å². The molecule has 2 aromatic rings. The van der Waals surface area contributed by atoms with E-state index >= 15 is 0 Å². The summed E-state index contributed by atoms with van der Waals surface area (Å²) in [7, 11) is 0. The molecule has 2 aromatic carbocycles. The summed E-state index contributed by atoms with van der Waals surface area (Å²) >= 11 is 0. The first-order chi connectivity index (χ1) is 18.1. The molecular formula is C32H47ClN2O4. The Kier molecular flexibility index (Phi) is 10.6. The number of hydrogen-bond donors (Lipinski definition) is 0. The summed E-state index contributed by atoms with van der Waals surface area (Å²) < 4.78 is 17.2. The fourth-order valence-electron chi connectivity index (χ4n) is 5.02. The lowest BCUT2D eigenvalue weighted by Crippen LogP contribution is -2.48. The second kappa shape index (κ2) is 13.3. The first kappa shape index (κ1) is 31.1. The Morgan fingerprint density at radius 3 is 2.28 bits per heavy atom. The highest BCUT2D eigenvalue weighted by Crippen LogP contribution is 2.38. The van der Waals surface area contributed by atoms with E-state index in [0.29, 0.717) is 19.8 Å². The van der Waals surface area contributed by atoms with Gasteiger partial charge in [-0.2, -0.15) is 0 Å². The van der Waals surface area contributed by atoms with Gasteiger partial charge in [0.05, 0.1) is 6.61 Å². The lowest BCUT2D eigenvalue weighted by molar-refractivity contribution is -0.133. The molecule has 0 N–H and O–H groups in total. The summed E-state index contributed by atoms with van der Waals surface area (Å²) in [5, 5.41) is 0. The molecule has 0 bridgehead atoms. The molecule has 4 rings (SSSR count). The maximum Gasteiger partial charge on any atom is 0.231 e. The molecule has 0 atom stereocenters. The van der Waals surface area contributed by atoms with Gasteiger partial charge in [0, 0.05) is 44.7 Å². The normalized spacial score (nSPS) is 15.7. The van der Waals surface area contributed by atoms with Crippen molar-refractivity contribution in [2.45, 2.75) is 84.6 Å². The maximum absolute atomic E-state index is 12.9. The molecular weight excluding hydrogens is 512 g/mol. The molecule has 2 aliphatic heterocycles. The molecule has 0 unspecified atom stereocenters. The average molecular weight is 559 g/mol. The summed E-state index contributed by atoms with van der Waals surface area (Å²) in [5.74, 6) is 2.82. The van der Waals surface area contributed by atoms with Gasteiger partial charge in [-0.15, -0.1) is 12.4 Å². The minimum absolute atomic E-state index is 0. The number of halogens is 1. The van der Waals surface area contributed by atoms with E-state index in [2.05, 4.69) is 76.8 Å². The molecule has 39 heavy (non-hydrogen) atoms. The van der Waals surface area contributed by atoms with Crippen LogP contribution < -0.4 is 14.2 Å². The highest BCUT2D eigenvalue weighted by molar-refractivity contribution is 5.85. The molecule has 0 radical (unpaired) electrons. The third-order valence-corrected chi connectivity index (χ3v) is 8.62. The average Bonchev–Trinajstić information content (AvgIpc) is 3.39. The van der Waals surface area contributed by atoms with Crippen molar-refractivity contribution in [3.63, 3.8) is 0 Å². The highest BCUT2D eigenvalue weighted by atomic mass is 35.5. The third-order valence-electron chi connectivity index (χ3n) is 8.62. The van der Waals surface area contributed by atoms with E-state index in [0.717, 1.165) is 69.2 Å². The maximum atomic E-state index is 12.9. The largest absolute Gasteiger partial charge is 0.493 e. The number of ether oxygens (including phenoxy) is 3. The van der Waals surface area contributed by atoms with Crippen molar-refractivity contribution in [2.24, 2.45) is 0 Å². The molecule has 2 aliphatic rings. The Balaban J connectivity index is 0.00000420. The number of nitrogens with zero attached hydrogens (tertiary/aromatic N) is 2. The van der Waals surface area contributed by atoms with Crippen LogP contribution in [0.4, 0.5) is 0 Å². The van der Waals surface area contributed by atoms with Crippen LogP contribution in [-0.2, 0) is 22.2 Å². The van der Waals surface area contributed by atoms with Crippen LogP contribution in [0.2, 0.25) is 0 Å². The van der Waals surface area contributed by atoms with Crippen LogP contribution in [0, 0.1) is 0 Å². The molecule has 0 spiro atoms. The van der Waals surface area contributed by atoms with E-state index in [1.54, 1.807) is 0 Å². The molecule has 0 aliphatic carbocycles. The van der Waals surface area contributed by atoms with Crippen LogP contribution in [-0.4, -0.2) is 55.3 Å². The van der Waals surface area contributed by atoms with Crippen molar-refractivity contribution >= 4 is 18.3 Å². The van der Waals surface area contributed by atoms with Gasteiger partial charge in [-0.3, -0.25) is 9.69 Å². The van der Waals surface area contributed by atoms with Crippen LogP contribution >= 0.6 is 12.4 Å². The molecule has 2 heterocycles. The van der Waals surface area contributed by atoms with E-state index in [1.807, 2.05) is 11.0 Å². The Labute approximate surface area is 241 Å². The number of hydrogen-bond acceptors (Lipinski definition) is 5. The number of rotatable bonds is 11. The van der Waals surface area contributed by atoms with Crippen LogP contribution in [0.15, 0.2) is 36.4 Å². The van der Waals surface area contributed by atoms with Crippen molar-refractivity contribution in [1.29, 1.82) is 0 Å². The second-order valence-corrected chi connectivity index (χ2v) is 12.0. The summed E-state index contributed by atoms with van der Waals surface area (Å²) in [4.78, 5) is 17.3. The monoisotopic (exact) mass is 558 g/mol. The van der Waals surface area contributed by atoms with Gasteiger partial charge in [-0.25, -0.2) is 0 Å². The van der Waals surface area contributed by atoms with E-state index in [4.69, 9.17) is 14.2 Å². The second-order valence-electron chi connectivity index (χ2n) is 12.0. The van der Waals surface area contributed by atoms with Crippen LogP contribution in [0.1, 0.15) is 83.9 Å². The summed E-state index contributed by atoms with van der Waals surface area (Å²) in [5.41, 5.74) is 4.01. The van der Waals surface area contributed by atoms with Gasteiger partial charge in [0.1, 0.15) is 5.75 Å². The molecule has 1 amide bonds. The fourth-order valence-corrected chi connectivity index (χ4v) is 5.02. The summed E-state index contributed by atoms with van der Waals surface area (Å²) in [6.45, 7) is 18.7. The summed E-state index contributed by atoms with van der Waals surface area (Å²) in [6, 6.07) is 12.8. The number of carbonyl (C=O) groups is 1. The Morgan fingerprint density at radius 1 is 0.897 bits per heavy atom. The topological polar surface area (TPSA) is 51.2 Å². The Hall–Kier alpha value is -2.44. The van der Waals surface area contributed by atoms with Crippen molar-refractivity contribution in [3.8, 4) is 17.2 Å².